The first-order chi connectivity index (χ1) is 9.58. The van der Waals surface area contributed by atoms with E-state index in [-0.39, 0.29) is 11.9 Å². The predicted molar refractivity (Wildman–Crippen MR) is 81.0 cm³/mol. The van der Waals surface area contributed by atoms with Crippen LogP contribution in [0.3, 0.4) is 0 Å². The lowest BCUT2D eigenvalue weighted by Crippen LogP contribution is -2.05. The predicted octanol–water partition coefficient (Wildman–Crippen LogP) is 4.30. The summed E-state index contributed by atoms with van der Waals surface area (Å²) in [6, 6.07) is 13.1. The van der Waals surface area contributed by atoms with Crippen LogP contribution in [0.1, 0.15) is 24.1 Å². The minimum atomic E-state index is -0.188. The molecule has 2 aromatic carbocycles. The Labute approximate surface area is 117 Å². The molecule has 3 heteroatoms. The van der Waals surface area contributed by atoms with Gasteiger partial charge in [0.2, 0.25) is 0 Å². The van der Waals surface area contributed by atoms with Crippen molar-refractivity contribution in [2.45, 2.75) is 19.9 Å². The summed E-state index contributed by atoms with van der Waals surface area (Å²) < 4.78 is 13.4. The van der Waals surface area contributed by atoms with Gasteiger partial charge in [0.05, 0.1) is 5.69 Å². The van der Waals surface area contributed by atoms with E-state index in [0.29, 0.717) is 5.56 Å². The molecule has 102 valence electrons. The Hall–Kier alpha value is -2.13. The summed E-state index contributed by atoms with van der Waals surface area (Å²) in [6.07, 6.45) is 0. The van der Waals surface area contributed by atoms with Crippen LogP contribution in [0.2, 0.25) is 0 Å². The Kier molecular flexibility index (Phi) is 3.07. The summed E-state index contributed by atoms with van der Waals surface area (Å²) in [6.45, 7) is 3.74. The number of nitrogens with one attached hydrogen (secondary N) is 1. The van der Waals surface area contributed by atoms with E-state index >= 15 is 0 Å². The fourth-order valence-electron chi connectivity index (χ4n) is 2.66. The number of fused-ring (bicyclic) bond motifs is 1. The van der Waals surface area contributed by atoms with Crippen molar-refractivity contribution in [2.75, 3.05) is 0 Å². The number of nitrogens with two attached hydrogens (primary N) is 1. The third-order valence-corrected chi connectivity index (χ3v) is 3.65. The number of hydrogen-bond donors (Lipinski definition) is 2. The molecule has 1 heterocycles. The van der Waals surface area contributed by atoms with Gasteiger partial charge in [0.15, 0.2) is 0 Å². The highest BCUT2D eigenvalue weighted by Crippen LogP contribution is 2.34. The van der Waals surface area contributed by atoms with Gasteiger partial charge in [0, 0.05) is 22.5 Å². The second-order valence-electron chi connectivity index (χ2n) is 5.21. The van der Waals surface area contributed by atoms with Gasteiger partial charge in [-0.15, -0.1) is 0 Å². The average Bonchev–Trinajstić information content (AvgIpc) is 2.81. The summed E-state index contributed by atoms with van der Waals surface area (Å²) in [7, 11) is 0. The van der Waals surface area contributed by atoms with Crippen LogP contribution in [0.4, 0.5) is 4.39 Å². The maximum Gasteiger partial charge on any atom is 0.126 e. The lowest BCUT2D eigenvalue weighted by Gasteiger charge is -2.09. The highest BCUT2D eigenvalue weighted by molar-refractivity contribution is 5.91. The molecular formula is C17H17FN2. The van der Waals surface area contributed by atoms with E-state index < -0.39 is 0 Å². The molecule has 0 aliphatic carbocycles. The normalized spacial score (nSPS) is 12.8. The van der Waals surface area contributed by atoms with Gasteiger partial charge in [0.25, 0.3) is 0 Å². The molecule has 3 aromatic rings. The average molecular weight is 268 g/mol. The summed E-state index contributed by atoms with van der Waals surface area (Å²) >= 11 is 0. The molecule has 2 nitrogen and oxygen atoms in total. The van der Waals surface area contributed by atoms with Gasteiger partial charge in [-0.2, -0.15) is 0 Å². The summed E-state index contributed by atoms with van der Waals surface area (Å²) in [5, 5.41) is 1.12. The fourth-order valence-corrected chi connectivity index (χ4v) is 2.66. The molecule has 3 rings (SSSR count). The van der Waals surface area contributed by atoms with Crippen molar-refractivity contribution in [3.8, 4) is 11.3 Å². The van der Waals surface area contributed by atoms with Crippen LogP contribution in [0.25, 0.3) is 22.2 Å². The molecular weight excluding hydrogens is 251 g/mol. The molecule has 1 unspecified atom stereocenters. The number of aryl methyl sites for hydroxylation is 1. The molecule has 0 spiro atoms. The molecule has 0 aliphatic heterocycles. The van der Waals surface area contributed by atoms with Gasteiger partial charge < -0.3 is 10.7 Å². The minimum Gasteiger partial charge on any atom is -0.354 e. The number of hydrogen-bond acceptors (Lipinski definition) is 1. The van der Waals surface area contributed by atoms with Crippen molar-refractivity contribution in [3.05, 3.63) is 59.4 Å². The lowest BCUT2D eigenvalue weighted by atomic mass is 9.99. The van der Waals surface area contributed by atoms with Crippen molar-refractivity contribution in [1.29, 1.82) is 0 Å². The lowest BCUT2D eigenvalue weighted by molar-refractivity contribution is 0.618. The molecule has 0 amide bonds. The van der Waals surface area contributed by atoms with E-state index in [0.717, 1.165) is 27.7 Å². The molecule has 0 bridgehead atoms. The zero-order chi connectivity index (χ0) is 14.3. The van der Waals surface area contributed by atoms with Crippen LogP contribution in [0.5, 0.6) is 0 Å². The number of aromatic nitrogens is 1. The third kappa shape index (κ3) is 2.00. The van der Waals surface area contributed by atoms with E-state index in [9.17, 15) is 4.39 Å². The quantitative estimate of drug-likeness (QED) is 0.714. The Balaban J connectivity index is 2.29. The Morgan fingerprint density at radius 2 is 1.90 bits per heavy atom. The van der Waals surface area contributed by atoms with Crippen LogP contribution in [-0.4, -0.2) is 4.98 Å². The molecule has 0 aliphatic rings. The number of halogens is 1. The summed E-state index contributed by atoms with van der Waals surface area (Å²) in [4.78, 5) is 3.41. The van der Waals surface area contributed by atoms with Crippen LogP contribution < -0.4 is 5.73 Å². The number of para-hydroxylation sites is 1. The molecule has 1 aromatic heterocycles. The highest BCUT2D eigenvalue weighted by atomic mass is 19.1. The monoisotopic (exact) mass is 268 g/mol. The number of benzene rings is 2. The highest BCUT2D eigenvalue weighted by Gasteiger charge is 2.16. The van der Waals surface area contributed by atoms with Crippen molar-refractivity contribution in [3.63, 3.8) is 0 Å². The van der Waals surface area contributed by atoms with Crippen LogP contribution in [0.15, 0.2) is 42.5 Å². The van der Waals surface area contributed by atoms with E-state index in [2.05, 4.69) is 11.1 Å². The van der Waals surface area contributed by atoms with E-state index in [1.165, 1.54) is 6.07 Å². The molecule has 0 saturated carbocycles. The number of H-pyrrole nitrogens is 1. The van der Waals surface area contributed by atoms with E-state index in [1.54, 1.807) is 13.0 Å². The second-order valence-corrected chi connectivity index (χ2v) is 5.21. The number of aromatic amines is 1. The Morgan fingerprint density at radius 3 is 2.60 bits per heavy atom. The van der Waals surface area contributed by atoms with Crippen molar-refractivity contribution < 1.29 is 4.39 Å². The van der Waals surface area contributed by atoms with Crippen LogP contribution in [0, 0.1) is 12.7 Å². The largest absolute Gasteiger partial charge is 0.354 e. The molecule has 0 radical (unpaired) electrons. The van der Waals surface area contributed by atoms with Crippen molar-refractivity contribution in [1.82, 2.24) is 4.98 Å². The second kappa shape index (κ2) is 4.76. The maximum atomic E-state index is 13.4. The smallest absolute Gasteiger partial charge is 0.126 e. The Morgan fingerprint density at radius 1 is 1.15 bits per heavy atom. The Bertz CT molecular complexity index is 772. The van der Waals surface area contributed by atoms with Gasteiger partial charge in [-0.25, -0.2) is 4.39 Å². The topological polar surface area (TPSA) is 41.8 Å². The van der Waals surface area contributed by atoms with Gasteiger partial charge in [-0.1, -0.05) is 18.2 Å². The zero-order valence-electron chi connectivity index (χ0n) is 11.6. The minimum absolute atomic E-state index is 0.0912. The third-order valence-electron chi connectivity index (χ3n) is 3.65. The summed E-state index contributed by atoms with van der Waals surface area (Å²) in [5.41, 5.74) is 10.8. The molecule has 0 fully saturated rings. The van der Waals surface area contributed by atoms with Crippen molar-refractivity contribution >= 4 is 10.9 Å². The summed E-state index contributed by atoms with van der Waals surface area (Å²) in [5.74, 6) is -0.188. The molecule has 3 N–H and O–H groups in total. The van der Waals surface area contributed by atoms with Crippen LogP contribution >= 0.6 is 0 Å². The zero-order valence-corrected chi connectivity index (χ0v) is 11.6. The first-order valence-corrected chi connectivity index (χ1v) is 6.70. The van der Waals surface area contributed by atoms with E-state index in [4.69, 9.17) is 5.73 Å². The van der Waals surface area contributed by atoms with Gasteiger partial charge in [0.1, 0.15) is 5.82 Å². The molecule has 20 heavy (non-hydrogen) atoms. The van der Waals surface area contributed by atoms with Crippen molar-refractivity contribution in [2.24, 2.45) is 5.73 Å². The van der Waals surface area contributed by atoms with Crippen LogP contribution in [-0.2, 0) is 0 Å². The SMILES string of the molecule is Cc1cc(-c2[nH]c3ccccc3c2C(C)N)ccc1F. The molecule has 1 atom stereocenters. The first-order valence-electron chi connectivity index (χ1n) is 6.70. The van der Waals surface area contributed by atoms with E-state index in [1.807, 2.05) is 31.2 Å². The standard InChI is InChI=1S/C17H17FN2/c1-10-9-12(7-8-14(10)18)17-16(11(2)19)13-5-3-4-6-15(13)20-17/h3-9,11,20H,19H2,1-2H3. The van der Waals surface area contributed by atoms with Gasteiger partial charge >= 0.3 is 0 Å². The maximum absolute atomic E-state index is 13.4. The molecule has 0 saturated heterocycles. The fraction of sp³-hybridized carbons (Fsp3) is 0.176. The first kappa shape index (κ1) is 12.9. The van der Waals surface area contributed by atoms with Gasteiger partial charge in [-0.3, -0.25) is 0 Å². The van der Waals surface area contributed by atoms with Gasteiger partial charge in [-0.05, 0) is 49.2 Å². The number of rotatable bonds is 2.